The van der Waals surface area contributed by atoms with Crippen LogP contribution in [0.4, 0.5) is 22.4 Å². The predicted octanol–water partition coefficient (Wildman–Crippen LogP) is 5.59. The van der Waals surface area contributed by atoms with Crippen molar-refractivity contribution in [2.75, 3.05) is 0 Å². The first-order valence-corrected chi connectivity index (χ1v) is 9.80. The van der Waals surface area contributed by atoms with Crippen LogP contribution >= 0.6 is 0 Å². The maximum atomic E-state index is 14.5. The van der Waals surface area contributed by atoms with E-state index >= 15 is 0 Å². The second-order valence-electron chi connectivity index (χ2n) is 8.15. The number of hydrogen-bond acceptors (Lipinski definition) is 4. The van der Waals surface area contributed by atoms with Crippen molar-refractivity contribution in [3.05, 3.63) is 71.2 Å². The van der Waals surface area contributed by atoms with Gasteiger partial charge in [-0.25, -0.2) is 13.9 Å². The number of carbonyl (C=O) groups excluding carboxylic acids is 1. The molecule has 0 fully saturated rings. The van der Waals surface area contributed by atoms with E-state index in [2.05, 4.69) is 10.4 Å². The lowest BCUT2D eigenvalue weighted by Gasteiger charge is -2.19. The van der Waals surface area contributed by atoms with E-state index in [0.717, 1.165) is 12.1 Å². The minimum absolute atomic E-state index is 0.0865. The molecule has 3 aromatic rings. The molecule has 0 atom stereocenters. The van der Waals surface area contributed by atoms with Gasteiger partial charge in [-0.15, -0.1) is 0 Å². The first-order chi connectivity index (χ1) is 15.4. The third-order valence-corrected chi connectivity index (χ3v) is 4.45. The first-order valence-electron chi connectivity index (χ1n) is 9.80. The molecular weight excluding hydrogens is 440 g/mol. The standard InChI is InChI=1S/C23H20F4N4O2/c1-22(2,3)33-21(32)29-13-16-6-7-17(11-19(16)24)31-9-8-20(30-31)14-4-5-15(12-28)18(10-14)23(25,26)27/h4-11H,13H2,1-3H3,(H,29,32). The molecule has 3 rings (SSSR count). The summed E-state index contributed by atoms with van der Waals surface area (Å²) >= 11 is 0. The second-order valence-corrected chi connectivity index (χ2v) is 8.15. The van der Waals surface area contributed by atoms with Gasteiger partial charge in [0.2, 0.25) is 0 Å². The lowest BCUT2D eigenvalue weighted by atomic mass is 10.0. The highest BCUT2D eigenvalue weighted by Gasteiger charge is 2.34. The van der Waals surface area contributed by atoms with E-state index in [4.69, 9.17) is 10.00 Å². The SMILES string of the molecule is CC(C)(C)OC(=O)NCc1ccc(-n2ccc(-c3ccc(C#N)c(C(F)(F)F)c3)n2)cc1F. The second kappa shape index (κ2) is 8.94. The third kappa shape index (κ3) is 5.88. The predicted molar refractivity (Wildman–Crippen MR) is 112 cm³/mol. The van der Waals surface area contributed by atoms with Gasteiger partial charge >= 0.3 is 12.3 Å². The quantitative estimate of drug-likeness (QED) is 0.515. The Bertz CT molecular complexity index is 1220. The van der Waals surface area contributed by atoms with Crippen LogP contribution in [-0.4, -0.2) is 21.5 Å². The molecule has 1 heterocycles. The summed E-state index contributed by atoms with van der Waals surface area (Å²) in [6.45, 7) is 5.04. The minimum atomic E-state index is -4.68. The van der Waals surface area contributed by atoms with Gasteiger partial charge in [-0.1, -0.05) is 12.1 Å². The molecule has 6 nitrogen and oxygen atoms in total. The zero-order valence-corrected chi connectivity index (χ0v) is 18.0. The monoisotopic (exact) mass is 460 g/mol. The summed E-state index contributed by atoms with van der Waals surface area (Å²) in [5, 5.41) is 15.6. The molecule has 0 saturated carbocycles. The van der Waals surface area contributed by atoms with Gasteiger partial charge in [-0.2, -0.15) is 23.5 Å². The molecule has 0 aliphatic carbocycles. The number of hydrogen-bond donors (Lipinski definition) is 1. The number of alkyl carbamates (subject to hydrolysis) is 1. The van der Waals surface area contributed by atoms with E-state index in [0.29, 0.717) is 5.69 Å². The first kappa shape index (κ1) is 23.8. The Morgan fingerprint density at radius 3 is 2.48 bits per heavy atom. The summed E-state index contributed by atoms with van der Waals surface area (Å²) in [4.78, 5) is 11.7. The normalized spacial score (nSPS) is 11.7. The third-order valence-electron chi connectivity index (χ3n) is 4.45. The molecule has 2 aromatic carbocycles. The number of nitrogens with zero attached hydrogens (tertiary/aromatic N) is 3. The summed E-state index contributed by atoms with van der Waals surface area (Å²) in [7, 11) is 0. The van der Waals surface area contributed by atoms with Crippen LogP contribution in [0.25, 0.3) is 16.9 Å². The van der Waals surface area contributed by atoms with Gasteiger partial charge < -0.3 is 10.1 Å². The Morgan fingerprint density at radius 2 is 1.88 bits per heavy atom. The van der Waals surface area contributed by atoms with Crippen molar-refractivity contribution in [1.29, 1.82) is 5.26 Å². The molecule has 0 radical (unpaired) electrons. The van der Waals surface area contributed by atoms with Gasteiger partial charge in [0.15, 0.2) is 0 Å². The van der Waals surface area contributed by atoms with E-state index in [9.17, 15) is 22.4 Å². The average molecular weight is 460 g/mol. The number of aromatic nitrogens is 2. The van der Waals surface area contributed by atoms with Gasteiger partial charge in [0, 0.05) is 23.9 Å². The number of carbonyl (C=O) groups is 1. The molecule has 0 aliphatic heterocycles. The van der Waals surface area contributed by atoms with E-state index in [-0.39, 0.29) is 23.4 Å². The largest absolute Gasteiger partial charge is 0.444 e. The number of benzene rings is 2. The average Bonchev–Trinajstić information content (AvgIpc) is 3.20. The molecule has 1 amide bonds. The van der Waals surface area contributed by atoms with Crippen LogP contribution in [0.5, 0.6) is 0 Å². The Hall–Kier alpha value is -3.87. The van der Waals surface area contributed by atoms with Crippen molar-refractivity contribution in [2.24, 2.45) is 0 Å². The van der Waals surface area contributed by atoms with Gasteiger partial charge in [0.1, 0.15) is 11.4 Å². The minimum Gasteiger partial charge on any atom is -0.444 e. The molecule has 0 saturated heterocycles. The van der Waals surface area contributed by atoms with Crippen LogP contribution in [0.1, 0.15) is 37.5 Å². The highest BCUT2D eigenvalue weighted by Crippen LogP contribution is 2.34. The highest BCUT2D eigenvalue weighted by atomic mass is 19.4. The molecule has 0 aliphatic rings. The summed E-state index contributed by atoms with van der Waals surface area (Å²) in [6, 6.07) is 10.6. The Kier molecular flexibility index (Phi) is 6.44. The van der Waals surface area contributed by atoms with Crippen molar-refractivity contribution in [3.8, 4) is 23.0 Å². The molecule has 172 valence electrons. The number of rotatable bonds is 4. The van der Waals surface area contributed by atoms with Crippen LogP contribution in [0.2, 0.25) is 0 Å². The maximum absolute atomic E-state index is 14.5. The summed E-state index contributed by atoms with van der Waals surface area (Å²) in [5.41, 5.74) is -1.27. The van der Waals surface area contributed by atoms with E-state index < -0.39 is 34.8 Å². The van der Waals surface area contributed by atoms with Crippen molar-refractivity contribution < 1.29 is 27.1 Å². The number of amides is 1. The van der Waals surface area contributed by atoms with Crippen LogP contribution in [0, 0.1) is 17.1 Å². The maximum Gasteiger partial charge on any atom is 0.417 e. The molecule has 1 N–H and O–H groups in total. The zero-order valence-electron chi connectivity index (χ0n) is 18.0. The molecule has 0 bridgehead atoms. The van der Waals surface area contributed by atoms with Gasteiger partial charge in [0.25, 0.3) is 0 Å². The lowest BCUT2D eigenvalue weighted by molar-refractivity contribution is -0.137. The van der Waals surface area contributed by atoms with Crippen LogP contribution in [-0.2, 0) is 17.5 Å². The number of halogens is 4. The van der Waals surface area contributed by atoms with Gasteiger partial charge in [-0.05, 0) is 51.1 Å². The topological polar surface area (TPSA) is 79.9 Å². The molecule has 1 aromatic heterocycles. The van der Waals surface area contributed by atoms with E-state index in [1.165, 1.54) is 41.2 Å². The van der Waals surface area contributed by atoms with Crippen LogP contribution < -0.4 is 5.32 Å². The Labute approximate surface area is 187 Å². The van der Waals surface area contributed by atoms with Crippen LogP contribution in [0.15, 0.2) is 48.7 Å². The Morgan fingerprint density at radius 1 is 1.15 bits per heavy atom. The van der Waals surface area contributed by atoms with Crippen molar-refractivity contribution in [2.45, 2.75) is 39.1 Å². The molecule has 0 spiro atoms. The number of nitrogens with one attached hydrogen (secondary N) is 1. The van der Waals surface area contributed by atoms with Crippen molar-refractivity contribution >= 4 is 6.09 Å². The van der Waals surface area contributed by atoms with E-state index in [1.54, 1.807) is 26.8 Å². The number of ether oxygens (including phenoxy) is 1. The van der Waals surface area contributed by atoms with E-state index in [1.807, 2.05) is 0 Å². The summed E-state index contributed by atoms with van der Waals surface area (Å²) in [6.07, 6.45) is -3.88. The summed E-state index contributed by atoms with van der Waals surface area (Å²) in [5.74, 6) is -0.599. The molecule has 33 heavy (non-hydrogen) atoms. The smallest absolute Gasteiger partial charge is 0.417 e. The van der Waals surface area contributed by atoms with Crippen molar-refractivity contribution in [3.63, 3.8) is 0 Å². The number of nitriles is 1. The van der Waals surface area contributed by atoms with Gasteiger partial charge in [-0.3, -0.25) is 0 Å². The van der Waals surface area contributed by atoms with Crippen LogP contribution in [0.3, 0.4) is 0 Å². The zero-order chi connectivity index (χ0) is 24.4. The molecule has 10 heteroatoms. The Balaban J connectivity index is 1.79. The van der Waals surface area contributed by atoms with Gasteiger partial charge in [0.05, 0.1) is 28.6 Å². The summed E-state index contributed by atoms with van der Waals surface area (Å²) < 4.78 is 60.6. The number of alkyl halides is 3. The van der Waals surface area contributed by atoms with Crippen molar-refractivity contribution in [1.82, 2.24) is 15.1 Å². The highest BCUT2D eigenvalue weighted by molar-refractivity contribution is 5.67. The molecular formula is C23H20F4N4O2. The lowest BCUT2D eigenvalue weighted by Crippen LogP contribution is -2.32. The fourth-order valence-corrected chi connectivity index (χ4v) is 2.96. The molecule has 0 unspecified atom stereocenters. The fraction of sp³-hybridized carbons (Fsp3) is 0.261. The fourth-order valence-electron chi connectivity index (χ4n) is 2.96.